The molecule has 0 saturated heterocycles. The lowest BCUT2D eigenvalue weighted by Crippen LogP contribution is -2.30. The van der Waals surface area contributed by atoms with Crippen LogP contribution in [0.25, 0.3) is 0 Å². The van der Waals surface area contributed by atoms with Crippen LogP contribution in [0.2, 0.25) is 0 Å². The summed E-state index contributed by atoms with van der Waals surface area (Å²) in [5.41, 5.74) is -1.35. The number of carbonyl (C=O) groups is 1. The van der Waals surface area contributed by atoms with Crippen molar-refractivity contribution < 1.29 is 45.1 Å². The van der Waals surface area contributed by atoms with Crippen LogP contribution in [0.1, 0.15) is 43.5 Å². The van der Waals surface area contributed by atoms with E-state index in [1.807, 2.05) is 0 Å². The first kappa shape index (κ1) is 23.8. The number of carbonyl (C=O) groups excluding carboxylic acids is 1. The van der Waals surface area contributed by atoms with Crippen molar-refractivity contribution in [2.45, 2.75) is 45.1 Å². The lowest BCUT2D eigenvalue weighted by atomic mass is 10.0. The van der Waals surface area contributed by atoms with E-state index in [2.05, 4.69) is 21.3 Å². The predicted octanol–water partition coefficient (Wildman–Crippen LogP) is 3.25. The Kier molecular flexibility index (Phi) is 7.26. The van der Waals surface area contributed by atoms with Gasteiger partial charge in [0.2, 0.25) is 0 Å². The van der Waals surface area contributed by atoms with Gasteiger partial charge in [-0.05, 0) is 44.4 Å². The second-order valence-corrected chi connectivity index (χ2v) is 8.36. The molecular weight excluding hydrogens is 429 g/mol. The van der Waals surface area contributed by atoms with Gasteiger partial charge in [0.05, 0.1) is 21.4 Å². The van der Waals surface area contributed by atoms with Gasteiger partial charge in [-0.3, -0.25) is 0 Å². The molecule has 30 heavy (non-hydrogen) atoms. The first-order valence-corrected chi connectivity index (χ1v) is 10.6. The Morgan fingerprint density at radius 3 is 2.43 bits per heavy atom. The summed E-state index contributed by atoms with van der Waals surface area (Å²) in [6, 6.07) is 2.87. The quantitative estimate of drug-likeness (QED) is 0.341. The van der Waals surface area contributed by atoms with Crippen LogP contribution in [-0.2, 0) is 14.9 Å². The van der Waals surface area contributed by atoms with Crippen molar-refractivity contribution in [1.29, 1.82) is 0 Å². The van der Waals surface area contributed by atoms with E-state index in [0.717, 1.165) is 31.0 Å². The zero-order chi connectivity index (χ0) is 22.6. The highest BCUT2D eigenvalue weighted by molar-refractivity contribution is 7.85. The molecule has 1 atom stereocenters. The van der Waals surface area contributed by atoms with Gasteiger partial charge in [-0.1, -0.05) is 18.8 Å². The van der Waals surface area contributed by atoms with E-state index < -0.39 is 46.2 Å². The van der Waals surface area contributed by atoms with Crippen LogP contribution in [0.4, 0.5) is 13.2 Å². The minimum Gasteiger partial charge on any atom is -0.748 e. The molecule has 0 bridgehead atoms. The molecule has 166 valence electrons. The number of ether oxygens (including phenoxy) is 3. The van der Waals surface area contributed by atoms with Crippen molar-refractivity contribution >= 4 is 16.1 Å². The van der Waals surface area contributed by atoms with E-state index >= 15 is 0 Å². The lowest BCUT2D eigenvalue weighted by Gasteiger charge is -2.26. The SMILES string of the molecule is CCC(C)(C#CC1CC1)Oc1cc(C(=O)OCCS(=O)(=O)[O-])ccc1OC(F)(F)F. The summed E-state index contributed by atoms with van der Waals surface area (Å²) < 4.78 is 84.4. The summed E-state index contributed by atoms with van der Waals surface area (Å²) >= 11 is 0. The summed E-state index contributed by atoms with van der Waals surface area (Å²) in [6.07, 6.45) is -2.75. The first-order chi connectivity index (χ1) is 13.8. The van der Waals surface area contributed by atoms with Gasteiger partial charge in [-0.2, -0.15) is 0 Å². The number of hydrogen-bond donors (Lipinski definition) is 0. The van der Waals surface area contributed by atoms with Gasteiger partial charge < -0.3 is 18.8 Å². The van der Waals surface area contributed by atoms with Crippen molar-refractivity contribution in [2.24, 2.45) is 5.92 Å². The third-order valence-electron chi connectivity index (χ3n) is 4.10. The number of halogens is 3. The number of benzene rings is 1. The van der Waals surface area contributed by atoms with Gasteiger partial charge in [-0.15, -0.1) is 13.2 Å². The van der Waals surface area contributed by atoms with Gasteiger partial charge in [0.1, 0.15) is 6.61 Å². The Morgan fingerprint density at radius 2 is 1.90 bits per heavy atom. The molecule has 11 heteroatoms. The van der Waals surface area contributed by atoms with Crippen LogP contribution in [0.15, 0.2) is 18.2 Å². The Labute approximate surface area is 172 Å². The molecule has 1 saturated carbocycles. The highest BCUT2D eigenvalue weighted by atomic mass is 32.2. The average molecular weight is 449 g/mol. The Bertz CT molecular complexity index is 943. The van der Waals surface area contributed by atoms with Crippen molar-refractivity contribution in [2.75, 3.05) is 12.4 Å². The molecule has 0 aromatic heterocycles. The van der Waals surface area contributed by atoms with Crippen LogP contribution in [0.5, 0.6) is 11.5 Å². The highest BCUT2D eigenvalue weighted by Crippen LogP contribution is 2.36. The average Bonchev–Trinajstić information content (AvgIpc) is 3.43. The van der Waals surface area contributed by atoms with Crippen molar-refractivity contribution in [1.82, 2.24) is 0 Å². The Morgan fingerprint density at radius 1 is 1.23 bits per heavy atom. The molecule has 0 radical (unpaired) electrons. The monoisotopic (exact) mass is 449 g/mol. The van der Waals surface area contributed by atoms with Crippen molar-refractivity contribution in [3.05, 3.63) is 23.8 Å². The fraction of sp³-hybridized carbons (Fsp3) is 0.526. The molecule has 0 heterocycles. The number of alkyl halides is 3. The summed E-state index contributed by atoms with van der Waals surface area (Å²) in [7, 11) is -4.59. The molecule has 1 aliphatic rings. The highest BCUT2D eigenvalue weighted by Gasteiger charge is 2.34. The van der Waals surface area contributed by atoms with E-state index in [9.17, 15) is 30.9 Å². The molecular formula is C19H20F3O7S-. The fourth-order valence-corrected chi connectivity index (χ4v) is 2.44. The van der Waals surface area contributed by atoms with Crippen LogP contribution >= 0.6 is 0 Å². The predicted molar refractivity (Wildman–Crippen MR) is 97.8 cm³/mol. The zero-order valence-electron chi connectivity index (χ0n) is 16.2. The molecule has 1 aliphatic carbocycles. The van der Waals surface area contributed by atoms with Crippen LogP contribution in [-0.4, -0.2) is 43.3 Å². The van der Waals surface area contributed by atoms with E-state index in [1.54, 1.807) is 13.8 Å². The van der Waals surface area contributed by atoms with E-state index in [1.165, 1.54) is 0 Å². The zero-order valence-corrected chi connectivity index (χ0v) is 17.1. The third-order valence-corrected chi connectivity index (χ3v) is 4.77. The molecule has 1 aromatic carbocycles. The molecule has 2 rings (SSSR count). The summed E-state index contributed by atoms with van der Waals surface area (Å²) in [6.45, 7) is 2.65. The van der Waals surface area contributed by atoms with Gasteiger partial charge in [0.15, 0.2) is 17.1 Å². The second-order valence-electron chi connectivity index (χ2n) is 6.84. The molecule has 7 nitrogen and oxygen atoms in total. The molecule has 0 amide bonds. The largest absolute Gasteiger partial charge is 0.748 e. The van der Waals surface area contributed by atoms with Crippen molar-refractivity contribution in [3.63, 3.8) is 0 Å². The van der Waals surface area contributed by atoms with Gasteiger partial charge in [0.25, 0.3) is 0 Å². The van der Waals surface area contributed by atoms with Gasteiger partial charge in [0, 0.05) is 5.92 Å². The Balaban J connectivity index is 2.28. The third kappa shape index (κ3) is 8.12. The van der Waals surface area contributed by atoms with Crippen LogP contribution < -0.4 is 9.47 Å². The second kappa shape index (κ2) is 9.14. The first-order valence-electron chi connectivity index (χ1n) is 9.02. The topological polar surface area (TPSA) is 102 Å². The summed E-state index contributed by atoms with van der Waals surface area (Å²) in [4.78, 5) is 12.1. The van der Waals surface area contributed by atoms with E-state index in [0.29, 0.717) is 6.42 Å². The van der Waals surface area contributed by atoms with E-state index in [-0.39, 0.29) is 17.2 Å². The van der Waals surface area contributed by atoms with Gasteiger partial charge >= 0.3 is 12.3 Å². The summed E-state index contributed by atoms with van der Waals surface area (Å²) in [5.74, 6) is 3.14. The molecule has 0 spiro atoms. The maximum absolute atomic E-state index is 12.8. The smallest absolute Gasteiger partial charge is 0.573 e. The number of esters is 1. The fourth-order valence-electron chi connectivity index (χ4n) is 2.15. The van der Waals surface area contributed by atoms with Gasteiger partial charge in [-0.25, -0.2) is 13.2 Å². The molecule has 1 aromatic rings. The maximum Gasteiger partial charge on any atom is 0.573 e. The minimum atomic E-state index is -5.00. The minimum absolute atomic E-state index is 0.212. The van der Waals surface area contributed by atoms with Crippen molar-refractivity contribution in [3.8, 4) is 23.3 Å². The standard InChI is InChI=1S/C19H21F3O7S/c1-3-18(2,9-8-13-4-5-13)28-16-12-14(6-7-15(16)29-19(20,21)22)17(23)27-10-11-30(24,25)26/h6-7,12-13H,3-5,10-11H2,1-2H3,(H,24,25,26)/p-1. The van der Waals surface area contributed by atoms with Crippen LogP contribution in [0.3, 0.4) is 0 Å². The van der Waals surface area contributed by atoms with E-state index in [4.69, 9.17) is 4.74 Å². The number of rotatable bonds is 8. The summed E-state index contributed by atoms with van der Waals surface area (Å²) in [5, 5.41) is 0. The normalized spacial score (nSPS) is 16.1. The Hall–Kier alpha value is -2.45. The lowest BCUT2D eigenvalue weighted by molar-refractivity contribution is -0.275. The van der Waals surface area contributed by atoms with Crippen LogP contribution in [0, 0.1) is 17.8 Å². The maximum atomic E-state index is 12.8. The number of hydrogen-bond acceptors (Lipinski definition) is 7. The molecule has 0 aliphatic heterocycles. The molecule has 0 N–H and O–H groups in total. The molecule has 1 fully saturated rings. The molecule has 1 unspecified atom stereocenters.